The fraction of sp³-hybridized carbons (Fsp3) is 0.263. The van der Waals surface area contributed by atoms with Gasteiger partial charge in [-0.15, -0.1) is 11.8 Å². The van der Waals surface area contributed by atoms with Crippen LogP contribution in [0.3, 0.4) is 0 Å². The van der Waals surface area contributed by atoms with E-state index in [1.165, 1.54) is 11.3 Å². The van der Waals surface area contributed by atoms with Gasteiger partial charge in [-0.05, 0) is 48.9 Å². The van der Waals surface area contributed by atoms with Crippen molar-refractivity contribution < 1.29 is 4.79 Å². The highest BCUT2D eigenvalue weighted by Gasteiger charge is 2.10. The largest absolute Gasteiger partial charge is 0.319 e. The summed E-state index contributed by atoms with van der Waals surface area (Å²) in [4.78, 5) is 18.7. The number of carbonyl (C=O) groups excluding carboxylic acids is 1. The van der Waals surface area contributed by atoms with Crippen molar-refractivity contribution in [2.45, 2.75) is 30.9 Å². The second-order valence-corrected chi connectivity index (χ2v) is 9.14. The molecule has 1 heterocycles. The highest BCUT2D eigenvalue weighted by molar-refractivity contribution is 7.99. The van der Waals surface area contributed by atoms with Crippen molar-refractivity contribution in [2.75, 3.05) is 0 Å². The molecule has 0 atom stereocenters. The molecule has 0 saturated heterocycles. The van der Waals surface area contributed by atoms with Crippen molar-refractivity contribution in [1.82, 2.24) is 4.57 Å². The third-order valence-corrected chi connectivity index (χ3v) is 6.34. The number of aryl methyl sites for hydroxylation is 2. The Morgan fingerprint density at radius 2 is 1.88 bits per heavy atom. The van der Waals surface area contributed by atoms with E-state index < -0.39 is 0 Å². The van der Waals surface area contributed by atoms with Crippen LogP contribution in [0.2, 0.25) is 5.02 Å². The maximum Gasteiger partial charge on any atom is 0.279 e. The third kappa shape index (κ3) is 3.84. The van der Waals surface area contributed by atoms with E-state index in [9.17, 15) is 4.79 Å². The Hall–Kier alpha value is -1.56. The van der Waals surface area contributed by atoms with E-state index in [1.54, 1.807) is 11.8 Å². The van der Waals surface area contributed by atoms with Crippen LogP contribution in [0.1, 0.15) is 29.8 Å². The zero-order chi connectivity index (χ0) is 18.1. The van der Waals surface area contributed by atoms with E-state index in [0.717, 1.165) is 25.7 Å². The Bertz CT molecular complexity index is 1000. The molecule has 3 aromatic rings. The number of rotatable bonds is 3. The molecule has 0 aliphatic rings. The van der Waals surface area contributed by atoms with Crippen LogP contribution in [0.4, 0.5) is 0 Å². The first kappa shape index (κ1) is 18.2. The number of amides is 1. The number of fused-ring (bicyclic) bond motifs is 1. The van der Waals surface area contributed by atoms with Gasteiger partial charge >= 0.3 is 0 Å². The fourth-order valence-electron chi connectivity index (χ4n) is 2.61. The van der Waals surface area contributed by atoms with Crippen LogP contribution in [0, 0.1) is 6.92 Å². The second-order valence-electron chi connectivity index (χ2n) is 6.07. The number of hydrogen-bond acceptors (Lipinski definition) is 3. The lowest BCUT2D eigenvalue weighted by Crippen LogP contribution is -2.13. The molecule has 3 nitrogen and oxygen atoms in total. The number of benzene rings is 2. The van der Waals surface area contributed by atoms with Crippen molar-refractivity contribution in [3.05, 3.63) is 57.3 Å². The minimum Gasteiger partial charge on any atom is -0.319 e. The molecule has 1 amide bonds. The molecule has 0 aliphatic heterocycles. The number of thiazole rings is 1. The molecule has 0 unspecified atom stereocenters. The minimum atomic E-state index is -0.230. The number of thioether (sulfide) groups is 1. The van der Waals surface area contributed by atoms with Crippen LogP contribution in [-0.2, 0) is 7.05 Å². The topological polar surface area (TPSA) is 34.4 Å². The zero-order valence-electron chi connectivity index (χ0n) is 14.5. The number of hydrogen-bond donors (Lipinski definition) is 0. The molecule has 25 heavy (non-hydrogen) atoms. The Balaban J connectivity index is 1.97. The predicted molar refractivity (Wildman–Crippen MR) is 108 cm³/mol. The molecule has 0 bridgehead atoms. The first-order valence-electron chi connectivity index (χ1n) is 7.97. The number of halogens is 1. The molecule has 3 rings (SSSR count). The van der Waals surface area contributed by atoms with E-state index in [-0.39, 0.29) is 5.91 Å². The minimum absolute atomic E-state index is 0.230. The molecule has 130 valence electrons. The van der Waals surface area contributed by atoms with Crippen molar-refractivity contribution >= 4 is 50.8 Å². The van der Waals surface area contributed by atoms with E-state index >= 15 is 0 Å². The Morgan fingerprint density at radius 1 is 1.20 bits per heavy atom. The summed E-state index contributed by atoms with van der Waals surface area (Å²) in [5.74, 6) is -0.230. The highest BCUT2D eigenvalue weighted by Crippen LogP contribution is 2.26. The van der Waals surface area contributed by atoms with Crippen molar-refractivity contribution in [3.63, 3.8) is 0 Å². The summed E-state index contributed by atoms with van der Waals surface area (Å²) >= 11 is 9.48. The maximum absolute atomic E-state index is 12.5. The van der Waals surface area contributed by atoms with Gasteiger partial charge in [0.15, 0.2) is 4.80 Å². The van der Waals surface area contributed by atoms with Gasteiger partial charge < -0.3 is 4.57 Å². The van der Waals surface area contributed by atoms with Crippen LogP contribution in [-0.4, -0.2) is 15.7 Å². The lowest BCUT2D eigenvalue weighted by Gasteiger charge is -2.04. The normalized spacial score (nSPS) is 12.3. The van der Waals surface area contributed by atoms with Gasteiger partial charge in [0.05, 0.1) is 10.2 Å². The Morgan fingerprint density at radius 3 is 2.52 bits per heavy atom. The molecule has 0 saturated carbocycles. The van der Waals surface area contributed by atoms with Crippen molar-refractivity contribution in [1.29, 1.82) is 0 Å². The first-order chi connectivity index (χ1) is 11.9. The molecule has 0 aliphatic carbocycles. The summed E-state index contributed by atoms with van der Waals surface area (Å²) in [5, 5.41) is 1.23. The van der Waals surface area contributed by atoms with Crippen LogP contribution < -0.4 is 4.80 Å². The first-order valence-corrected chi connectivity index (χ1v) is 10.0. The zero-order valence-corrected chi connectivity index (χ0v) is 16.9. The van der Waals surface area contributed by atoms with Crippen LogP contribution in [0.5, 0.6) is 0 Å². The lowest BCUT2D eigenvalue weighted by molar-refractivity contribution is 0.0998. The standard InChI is InChI=1S/C19H19ClN2OS2/c1-11(2)24-14-7-5-13(6-8-14)18(23)21-19-22(4)17-12(3)15(20)9-10-16(17)25-19/h5-11H,1-4H3. The van der Waals surface area contributed by atoms with E-state index in [1.807, 2.05) is 54.9 Å². The van der Waals surface area contributed by atoms with Crippen molar-refractivity contribution in [3.8, 4) is 0 Å². The molecule has 6 heteroatoms. The quantitative estimate of drug-likeness (QED) is 0.558. The number of carbonyl (C=O) groups is 1. The van der Waals surface area contributed by atoms with Crippen molar-refractivity contribution in [2.24, 2.45) is 12.0 Å². The maximum atomic E-state index is 12.5. The van der Waals surface area contributed by atoms with Gasteiger partial charge in [0.2, 0.25) is 0 Å². The van der Waals surface area contributed by atoms with E-state index in [2.05, 4.69) is 18.8 Å². The molecule has 0 N–H and O–H groups in total. The van der Waals surface area contributed by atoms with Gasteiger partial charge in [0.25, 0.3) is 5.91 Å². The number of aromatic nitrogens is 1. The fourth-order valence-corrected chi connectivity index (χ4v) is 4.68. The smallest absolute Gasteiger partial charge is 0.279 e. The monoisotopic (exact) mass is 390 g/mol. The number of nitrogens with zero attached hydrogens (tertiary/aromatic N) is 2. The molecular weight excluding hydrogens is 372 g/mol. The van der Waals surface area contributed by atoms with Crippen LogP contribution in [0.15, 0.2) is 46.3 Å². The molecule has 1 aromatic heterocycles. The summed E-state index contributed by atoms with van der Waals surface area (Å²) in [7, 11) is 1.91. The van der Waals surface area contributed by atoms with Gasteiger partial charge in [0.1, 0.15) is 0 Å². The Kier molecular flexibility index (Phi) is 5.37. The highest BCUT2D eigenvalue weighted by atomic mass is 35.5. The second kappa shape index (κ2) is 7.36. The SMILES string of the molecule is Cc1c(Cl)ccc2sc(=NC(=O)c3ccc(SC(C)C)cc3)n(C)c12. The summed E-state index contributed by atoms with van der Waals surface area (Å²) in [5.41, 5.74) is 2.62. The van der Waals surface area contributed by atoms with Gasteiger partial charge in [-0.3, -0.25) is 4.79 Å². The summed E-state index contributed by atoms with van der Waals surface area (Å²) in [6.07, 6.45) is 0. The van der Waals surface area contributed by atoms with Gasteiger partial charge in [0, 0.05) is 27.8 Å². The average Bonchev–Trinajstić information content (AvgIpc) is 2.88. The summed E-state index contributed by atoms with van der Waals surface area (Å²) in [6.45, 7) is 6.28. The molecule has 0 fully saturated rings. The molecule has 0 radical (unpaired) electrons. The molecular formula is C19H19ClN2OS2. The van der Waals surface area contributed by atoms with Gasteiger partial charge in [-0.25, -0.2) is 0 Å². The van der Waals surface area contributed by atoms with Crippen LogP contribution >= 0.6 is 34.7 Å². The Labute approximate surface area is 160 Å². The van der Waals surface area contributed by atoms with E-state index in [0.29, 0.717) is 15.6 Å². The predicted octanol–water partition coefficient (Wildman–Crippen LogP) is 5.44. The third-order valence-electron chi connectivity index (χ3n) is 3.82. The average molecular weight is 391 g/mol. The lowest BCUT2D eigenvalue weighted by atomic mass is 10.2. The molecule has 0 spiro atoms. The van der Waals surface area contributed by atoms with Gasteiger partial charge in [-0.1, -0.05) is 36.8 Å². The summed E-state index contributed by atoms with van der Waals surface area (Å²) < 4.78 is 3.00. The summed E-state index contributed by atoms with van der Waals surface area (Å²) in [6, 6.07) is 11.5. The van der Waals surface area contributed by atoms with E-state index in [4.69, 9.17) is 11.6 Å². The van der Waals surface area contributed by atoms with Gasteiger partial charge in [-0.2, -0.15) is 4.99 Å². The molecule has 2 aromatic carbocycles. The van der Waals surface area contributed by atoms with Crippen LogP contribution in [0.25, 0.3) is 10.2 Å².